The van der Waals surface area contributed by atoms with Gasteiger partial charge in [0.05, 0.1) is 24.3 Å². The van der Waals surface area contributed by atoms with E-state index >= 15 is 0 Å². The number of nitrogens with zero attached hydrogens (tertiary/aromatic N) is 2. The van der Waals surface area contributed by atoms with Gasteiger partial charge in [0.1, 0.15) is 0 Å². The van der Waals surface area contributed by atoms with Crippen molar-refractivity contribution in [3.05, 3.63) is 46.7 Å². The molecule has 3 rings (SSSR count). The topological polar surface area (TPSA) is 55.1 Å². The molecule has 0 amide bonds. The zero-order valence-electron chi connectivity index (χ0n) is 14.2. The van der Waals surface area contributed by atoms with Gasteiger partial charge in [-0.1, -0.05) is 42.6 Å². The number of hydrogen-bond acceptors (Lipinski definition) is 4. The van der Waals surface area contributed by atoms with E-state index in [0.717, 1.165) is 17.4 Å². The molecule has 1 aromatic heterocycles. The highest BCUT2D eigenvalue weighted by Gasteiger charge is 2.19. The second-order valence-electron chi connectivity index (χ2n) is 6.52. The van der Waals surface area contributed by atoms with Crippen molar-refractivity contribution >= 4 is 29.1 Å². The summed E-state index contributed by atoms with van der Waals surface area (Å²) in [6.45, 7) is 0.860. The monoisotopic (exact) mass is 378 g/mol. The molecule has 1 aliphatic carbocycles. The van der Waals surface area contributed by atoms with E-state index in [1.807, 2.05) is 0 Å². The maximum atomic E-state index is 12.4. The van der Waals surface area contributed by atoms with Crippen LogP contribution in [0.5, 0.6) is 0 Å². The van der Waals surface area contributed by atoms with Crippen LogP contribution in [-0.4, -0.2) is 26.2 Å². The molecule has 0 aliphatic heterocycles. The molecule has 1 aromatic carbocycles. The van der Waals surface area contributed by atoms with Gasteiger partial charge in [0.15, 0.2) is 10.9 Å². The van der Waals surface area contributed by atoms with Gasteiger partial charge in [-0.2, -0.15) is 0 Å². The molecule has 0 atom stereocenters. The Kier molecular flexibility index (Phi) is 6.57. The average Bonchev–Trinajstić information content (AvgIpc) is 3.03. The Bertz CT molecular complexity index is 709. The first-order valence-electron chi connectivity index (χ1n) is 8.74. The number of carbonyl (C=O) groups is 1. The summed E-state index contributed by atoms with van der Waals surface area (Å²) in [5, 5.41) is 11.0. The van der Waals surface area contributed by atoms with Crippen molar-refractivity contribution < 1.29 is 9.90 Å². The number of ketones is 1. The van der Waals surface area contributed by atoms with Crippen LogP contribution in [-0.2, 0) is 13.2 Å². The van der Waals surface area contributed by atoms with Crippen molar-refractivity contribution in [1.29, 1.82) is 0 Å². The number of imidazole rings is 1. The molecule has 0 bridgehead atoms. The van der Waals surface area contributed by atoms with Crippen LogP contribution in [0.4, 0.5) is 0 Å². The highest BCUT2D eigenvalue weighted by molar-refractivity contribution is 7.99. The van der Waals surface area contributed by atoms with E-state index < -0.39 is 0 Å². The minimum atomic E-state index is -0.0224. The average molecular weight is 379 g/mol. The third kappa shape index (κ3) is 4.87. The molecule has 1 heterocycles. The quantitative estimate of drug-likeness (QED) is 0.565. The number of halogens is 1. The molecule has 0 saturated heterocycles. The Hall–Kier alpha value is -1.30. The first-order chi connectivity index (χ1) is 12.2. The molecule has 1 N–H and O–H groups in total. The Morgan fingerprint density at radius 3 is 2.64 bits per heavy atom. The molecule has 134 valence electrons. The third-order valence-corrected chi connectivity index (χ3v) is 5.97. The van der Waals surface area contributed by atoms with Crippen LogP contribution in [0.1, 0.15) is 48.2 Å². The predicted octanol–water partition coefficient (Wildman–Crippen LogP) is 4.58. The molecule has 0 unspecified atom stereocenters. The lowest BCUT2D eigenvalue weighted by atomic mass is 9.89. The van der Waals surface area contributed by atoms with E-state index in [1.54, 1.807) is 30.5 Å². The number of benzene rings is 1. The van der Waals surface area contributed by atoms with Crippen LogP contribution in [0.2, 0.25) is 5.02 Å². The van der Waals surface area contributed by atoms with E-state index in [4.69, 9.17) is 11.6 Å². The molecular formula is C19H23ClN2O2S. The number of aromatic nitrogens is 2. The van der Waals surface area contributed by atoms with E-state index in [9.17, 15) is 9.90 Å². The molecule has 1 fully saturated rings. The molecule has 4 nitrogen and oxygen atoms in total. The Balaban J connectivity index is 1.66. The van der Waals surface area contributed by atoms with Crippen LogP contribution < -0.4 is 0 Å². The number of aliphatic hydroxyl groups excluding tert-OH is 1. The van der Waals surface area contributed by atoms with Gasteiger partial charge in [-0.05, 0) is 43.0 Å². The normalized spacial score (nSPS) is 15.4. The Labute approximate surface area is 157 Å². The number of rotatable bonds is 7. The second kappa shape index (κ2) is 8.88. The lowest BCUT2D eigenvalue weighted by Gasteiger charge is -2.23. The molecule has 0 radical (unpaired) electrons. The van der Waals surface area contributed by atoms with Gasteiger partial charge in [-0.25, -0.2) is 4.98 Å². The van der Waals surface area contributed by atoms with Crippen molar-refractivity contribution in [2.75, 3.05) is 5.75 Å². The third-order valence-electron chi connectivity index (χ3n) is 4.73. The summed E-state index contributed by atoms with van der Waals surface area (Å²) in [6.07, 6.45) is 8.08. The smallest absolute Gasteiger partial charge is 0.173 e. The van der Waals surface area contributed by atoms with Gasteiger partial charge in [0.25, 0.3) is 0 Å². The summed E-state index contributed by atoms with van der Waals surface area (Å²) in [6, 6.07) is 6.96. The molecule has 6 heteroatoms. The molecule has 2 aromatic rings. The molecule has 0 spiro atoms. The van der Waals surface area contributed by atoms with Crippen molar-refractivity contribution in [2.24, 2.45) is 5.92 Å². The Morgan fingerprint density at radius 2 is 1.96 bits per heavy atom. The zero-order chi connectivity index (χ0) is 17.6. The van der Waals surface area contributed by atoms with Crippen LogP contribution in [0.25, 0.3) is 0 Å². The van der Waals surface area contributed by atoms with Gasteiger partial charge in [0, 0.05) is 17.1 Å². The van der Waals surface area contributed by atoms with Gasteiger partial charge in [0.2, 0.25) is 0 Å². The first-order valence-corrected chi connectivity index (χ1v) is 10.1. The van der Waals surface area contributed by atoms with Crippen LogP contribution >= 0.6 is 23.4 Å². The van der Waals surface area contributed by atoms with E-state index in [2.05, 4.69) is 9.55 Å². The minimum Gasteiger partial charge on any atom is -0.390 e. The lowest BCUT2D eigenvalue weighted by molar-refractivity contribution is 0.102. The molecule has 1 aliphatic rings. The number of Topliss-reactive ketones (excluding diaryl/α,β-unsaturated/α-hetero) is 1. The standard InChI is InChI=1S/C19H23ClN2O2S/c20-16-8-6-15(7-9-16)18(24)13-25-19-21-10-17(12-23)22(19)11-14-4-2-1-3-5-14/h6-10,14,23H,1-5,11-13H2. The van der Waals surface area contributed by atoms with Crippen LogP contribution in [0.3, 0.4) is 0 Å². The maximum Gasteiger partial charge on any atom is 0.173 e. The summed E-state index contributed by atoms with van der Waals surface area (Å²) in [4.78, 5) is 16.8. The summed E-state index contributed by atoms with van der Waals surface area (Å²) in [5.41, 5.74) is 1.48. The van der Waals surface area contributed by atoms with Gasteiger partial charge >= 0.3 is 0 Å². The highest BCUT2D eigenvalue weighted by atomic mass is 35.5. The van der Waals surface area contributed by atoms with E-state index in [-0.39, 0.29) is 12.4 Å². The fraction of sp³-hybridized carbons (Fsp3) is 0.474. The van der Waals surface area contributed by atoms with Crippen LogP contribution in [0.15, 0.2) is 35.6 Å². The summed E-state index contributed by atoms with van der Waals surface area (Å²) >= 11 is 7.31. The van der Waals surface area contributed by atoms with Crippen molar-refractivity contribution in [2.45, 2.75) is 50.4 Å². The summed E-state index contributed by atoms with van der Waals surface area (Å²) in [5.74, 6) is 1.02. The number of thioether (sulfide) groups is 1. The SMILES string of the molecule is O=C(CSc1ncc(CO)n1CC1CCCCC1)c1ccc(Cl)cc1. The molecular weight excluding hydrogens is 356 g/mol. The van der Waals surface area contributed by atoms with Gasteiger partial charge in [-0.15, -0.1) is 0 Å². The highest BCUT2D eigenvalue weighted by Crippen LogP contribution is 2.28. The second-order valence-corrected chi connectivity index (χ2v) is 7.90. The minimum absolute atomic E-state index is 0.0224. The fourth-order valence-electron chi connectivity index (χ4n) is 3.31. The maximum absolute atomic E-state index is 12.4. The predicted molar refractivity (Wildman–Crippen MR) is 101 cm³/mol. The fourth-order valence-corrected chi connectivity index (χ4v) is 4.33. The van der Waals surface area contributed by atoms with Crippen LogP contribution in [0, 0.1) is 5.92 Å². The van der Waals surface area contributed by atoms with Crippen molar-refractivity contribution in [3.8, 4) is 0 Å². The summed E-state index contributed by atoms with van der Waals surface area (Å²) in [7, 11) is 0. The Morgan fingerprint density at radius 1 is 1.24 bits per heavy atom. The van der Waals surface area contributed by atoms with Gasteiger partial charge in [-0.3, -0.25) is 4.79 Å². The lowest BCUT2D eigenvalue weighted by Crippen LogP contribution is -2.17. The molecule has 25 heavy (non-hydrogen) atoms. The first kappa shape index (κ1) is 18.5. The number of aliphatic hydroxyl groups is 1. The largest absolute Gasteiger partial charge is 0.390 e. The van der Waals surface area contributed by atoms with E-state index in [0.29, 0.717) is 22.3 Å². The number of carbonyl (C=O) groups excluding carboxylic acids is 1. The van der Waals surface area contributed by atoms with Crippen molar-refractivity contribution in [3.63, 3.8) is 0 Å². The molecule has 1 saturated carbocycles. The number of hydrogen-bond donors (Lipinski definition) is 1. The van der Waals surface area contributed by atoms with Gasteiger partial charge < -0.3 is 9.67 Å². The zero-order valence-corrected chi connectivity index (χ0v) is 15.7. The summed E-state index contributed by atoms with van der Waals surface area (Å²) < 4.78 is 2.09. The van der Waals surface area contributed by atoms with E-state index in [1.165, 1.54) is 43.9 Å². The van der Waals surface area contributed by atoms with Crippen molar-refractivity contribution in [1.82, 2.24) is 9.55 Å².